The maximum Gasteiger partial charge on any atom is 0.203 e. The largest absolute Gasteiger partial charge is 0.384 e. The van der Waals surface area contributed by atoms with Crippen LogP contribution in [0.4, 0.5) is 5.82 Å². The van der Waals surface area contributed by atoms with Gasteiger partial charge in [0, 0.05) is 5.92 Å². The molecule has 0 fully saturated rings. The lowest BCUT2D eigenvalue weighted by atomic mass is 9.85. The van der Waals surface area contributed by atoms with Crippen molar-refractivity contribution in [3.8, 4) is 0 Å². The molecule has 2 heterocycles. The molecule has 1 aliphatic rings. The number of H-pyrrole nitrogens is 1. The number of nitrogen functional groups attached to an aromatic ring is 1. The van der Waals surface area contributed by atoms with Crippen LogP contribution in [0.25, 0.3) is 11.2 Å². The topological polar surface area (TPSA) is 80.5 Å². The summed E-state index contributed by atoms with van der Waals surface area (Å²) in [7, 11) is 0. The molecule has 5 heteroatoms. The van der Waals surface area contributed by atoms with Crippen LogP contribution in [-0.4, -0.2) is 20.4 Å². The molecule has 0 bridgehead atoms. The molecule has 0 spiro atoms. The smallest absolute Gasteiger partial charge is 0.203 e. The standard InChI is InChI=1S/C24H25N5/c25-22-15-21(23-24(26-22)28-29-27-23)20(16-7-2-1-3-8-16)12-6-10-18-14-13-17-9-4-5-11-19(17)18/h1-5,7-9,11,15,18,20H,6,10,12-14H2,(H3,25,26,27,28,29)/t18-,20?/m1/s1. The zero-order valence-electron chi connectivity index (χ0n) is 16.4. The number of rotatable bonds is 6. The molecule has 0 saturated carbocycles. The number of aromatic nitrogens is 4. The van der Waals surface area contributed by atoms with E-state index in [1.165, 1.54) is 30.4 Å². The highest BCUT2D eigenvalue weighted by Crippen LogP contribution is 2.39. The van der Waals surface area contributed by atoms with Crippen molar-refractivity contribution in [3.05, 3.63) is 82.9 Å². The van der Waals surface area contributed by atoms with E-state index in [0.29, 0.717) is 17.4 Å². The van der Waals surface area contributed by atoms with E-state index in [0.717, 1.165) is 23.9 Å². The second-order valence-corrected chi connectivity index (χ2v) is 7.96. The Morgan fingerprint density at radius 1 is 1.03 bits per heavy atom. The molecule has 2 aromatic carbocycles. The molecule has 1 aliphatic carbocycles. The van der Waals surface area contributed by atoms with Crippen molar-refractivity contribution in [2.45, 2.75) is 43.9 Å². The van der Waals surface area contributed by atoms with Gasteiger partial charge >= 0.3 is 0 Å². The molecule has 0 saturated heterocycles. The first kappa shape index (κ1) is 17.9. The summed E-state index contributed by atoms with van der Waals surface area (Å²) in [6, 6.07) is 21.5. The Balaban J connectivity index is 1.41. The fourth-order valence-corrected chi connectivity index (χ4v) is 4.85. The van der Waals surface area contributed by atoms with Crippen molar-refractivity contribution in [2.24, 2.45) is 0 Å². The lowest BCUT2D eigenvalue weighted by Gasteiger charge is -2.20. The summed E-state index contributed by atoms with van der Waals surface area (Å²) < 4.78 is 0. The molecule has 4 aromatic rings. The third-order valence-corrected chi connectivity index (χ3v) is 6.22. The first-order valence-corrected chi connectivity index (χ1v) is 10.4. The molecule has 29 heavy (non-hydrogen) atoms. The summed E-state index contributed by atoms with van der Waals surface area (Å²) in [6.45, 7) is 0. The molecule has 0 amide bonds. The van der Waals surface area contributed by atoms with Crippen LogP contribution < -0.4 is 5.73 Å². The van der Waals surface area contributed by atoms with Gasteiger partial charge in [-0.1, -0.05) is 61.0 Å². The van der Waals surface area contributed by atoms with Crippen LogP contribution in [0, 0.1) is 0 Å². The van der Waals surface area contributed by atoms with Crippen LogP contribution in [0.2, 0.25) is 0 Å². The minimum atomic E-state index is 0.228. The van der Waals surface area contributed by atoms with Gasteiger partial charge in [-0.25, -0.2) is 4.98 Å². The van der Waals surface area contributed by atoms with E-state index in [1.54, 1.807) is 5.56 Å². The molecule has 5 nitrogen and oxygen atoms in total. The molecule has 1 unspecified atom stereocenters. The normalized spacial score (nSPS) is 16.8. The Hall–Kier alpha value is -3.21. The highest BCUT2D eigenvalue weighted by molar-refractivity contribution is 5.77. The fraction of sp³-hybridized carbons (Fsp3) is 0.292. The third-order valence-electron chi connectivity index (χ3n) is 6.22. The molecule has 5 rings (SSSR count). The summed E-state index contributed by atoms with van der Waals surface area (Å²) in [5.74, 6) is 1.40. The van der Waals surface area contributed by atoms with Crippen molar-refractivity contribution in [3.63, 3.8) is 0 Å². The lowest BCUT2D eigenvalue weighted by Crippen LogP contribution is -2.06. The molecule has 0 radical (unpaired) electrons. The van der Waals surface area contributed by atoms with Crippen LogP contribution in [0.3, 0.4) is 0 Å². The SMILES string of the molecule is Nc1cc(C(CCC[C@@H]2CCc3ccccc32)c2ccccc2)c2n[nH]nc2n1. The number of fused-ring (bicyclic) bond motifs is 2. The van der Waals surface area contributed by atoms with Crippen molar-refractivity contribution in [1.82, 2.24) is 20.4 Å². The van der Waals surface area contributed by atoms with Gasteiger partial charge in [0.25, 0.3) is 0 Å². The maximum atomic E-state index is 6.09. The summed E-state index contributed by atoms with van der Waals surface area (Å²) in [6.07, 6.45) is 5.89. The van der Waals surface area contributed by atoms with Gasteiger partial charge in [-0.15, -0.1) is 5.10 Å². The van der Waals surface area contributed by atoms with E-state index in [2.05, 4.69) is 75.0 Å². The van der Waals surface area contributed by atoms with Gasteiger partial charge in [0.05, 0.1) is 0 Å². The van der Waals surface area contributed by atoms with Gasteiger partial charge in [-0.2, -0.15) is 10.3 Å². The minimum Gasteiger partial charge on any atom is -0.384 e. The van der Waals surface area contributed by atoms with Crippen LogP contribution >= 0.6 is 0 Å². The first-order chi connectivity index (χ1) is 14.3. The summed E-state index contributed by atoms with van der Waals surface area (Å²) in [5, 5.41) is 11.2. The highest BCUT2D eigenvalue weighted by atomic mass is 15.3. The first-order valence-electron chi connectivity index (χ1n) is 10.4. The van der Waals surface area contributed by atoms with E-state index in [1.807, 2.05) is 6.07 Å². The number of nitrogens with two attached hydrogens (primary N) is 1. The number of nitrogens with zero attached hydrogens (tertiary/aromatic N) is 3. The van der Waals surface area contributed by atoms with Gasteiger partial charge in [-0.05, 0) is 59.9 Å². The van der Waals surface area contributed by atoms with E-state index >= 15 is 0 Å². The zero-order chi connectivity index (χ0) is 19.6. The number of nitrogens with one attached hydrogen (secondary N) is 1. The molecular formula is C24H25N5. The number of hydrogen-bond acceptors (Lipinski definition) is 4. The average Bonchev–Trinajstić information content (AvgIpc) is 3.38. The van der Waals surface area contributed by atoms with E-state index < -0.39 is 0 Å². The number of anilines is 1. The fourth-order valence-electron chi connectivity index (χ4n) is 4.85. The molecule has 2 atom stereocenters. The summed E-state index contributed by atoms with van der Waals surface area (Å²) in [5.41, 5.74) is 13.0. The van der Waals surface area contributed by atoms with Crippen molar-refractivity contribution in [1.29, 1.82) is 0 Å². The molecule has 3 N–H and O–H groups in total. The number of aromatic amines is 1. The molecule has 146 valence electrons. The predicted molar refractivity (Wildman–Crippen MR) is 116 cm³/mol. The van der Waals surface area contributed by atoms with E-state index in [4.69, 9.17) is 5.73 Å². The quantitative estimate of drug-likeness (QED) is 0.493. The van der Waals surface area contributed by atoms with Gasteiger partial charge in [0.1, 0.15) is 11.3 Å². The summed E-state index contributed by atoms with van der Waals surface area (Å²) in [4.78, 5) is 4.31. The third kappa shape index (κ3) is 3.48. The molecular weight excluding hydrogens is 358 g/mol. The Morgan fingerprint density at radius 3 is 2.76 bits per heavy atom. The zero-order valence-corrected chi connectivity index (χ0v) is 16.4. The maximum absolute atomic E-state index is 6.09. The van der Waals surface area contributed by atoms with Gasteiger partial charge in [-0.3, -0.25) is 0 Å². The monoisotopic (exact) mass is 383 g/mol. The van der Waals surface area contributed by atoms with Crippen LogP contribution in [0.5, 0.6) is 0 Å². The van der Waals surface area contributed by atoms with Crippen molar-refractivity contribution >= 4 is 17.0 Å². The Morgan fingerprint density at radius 2 is 1.86 bits per heavy atom. The molecule has 0 aliphatic heterocycles. The predicted octanol–water partition coefficient (Wildman–Crippen LogP) is 4.97. The number of benzene rings is 2. The van der Waals surface area contributed by atoms with Crippen molar-refractivity contribution < 1.29 is 0 Å². The average molecular weight is 383 g/mol. The lowest BCUT2D eigenvalue weighted by molar-refractivity contribution is 0.547. The number of hydrogen-bond donors (Lipinski definition) is 2. The Bertz CT molecular complexity index is 1120. The second kappa shape index (κ2) is 7.66. The van der Waals surface area contributed by atoms with Gasteiger partial charge < -0.3 is 5.73 Å². The van der Waals surface area contributed by atoms with Crippen LogP contribution in [0.1, 0.15) is 59.8 Å². The van der Waals surface area contributed by atoms with Crippen molar-refractivity contribution in [2.75, 3.05) is 5.73 Å². The summed E-state index contributed by atoms with van der Waals surface area (Å²) >= 11 is 0. The number of pyridine rings is 1. The van der Waals surface area contributed by atoms with E-state index in [-0.39, 0.29) is 5.92 Å². The second-order valence-electron chi connectivity index (χ2n) is 7.96. The Labute approximate surface area is 170 Å². The van der Waals surface area contributed by atoms with Gasteiger partial charge in [0.2, 0.25) is 5.65 Å². The van der Waals surface area contributed by atoms with Crippen LogP contribution in [-0.2, 0) is 6.42 Å². The minimum absolute atomic E-state index is 0.228. The Kier molecular flexibility index (Phi) is 4.72. The van der Waals surface area contributed by atoms with E-state index in [9.17, 15) is 0 Å². The van der Waals surface area contributed by atoms with Gasteiger partial charge in [0.15, 0.2) is 0 Å². The highest BCUT2D eigenvalue weighted by Gasteiger charge is 2.24. The molecule has 2 aromatic heterocycles. The van der Waals surface area contributed by atoms with Crippen LogP contribution in [0.15, 0.2) is 60.7 Å². The number of aryl methyl sites for hydroxylation is 1.